The van der Waals surface area contributed by atoms with E-state index in [1.807, 2.05) is 19.1 Å². The lowest BCUT2D eigenvalue weighted by Crippen LogP contribution is -2.41. The van der Waals surface area contributed by atoms with Gasteiger partial charge in [0.15, 0.2) is 0 Å². The van der Waals surface area contributed by atoms with Crippen molar-refractivity contribution in [2.45, 2.75) is 51.2 Å². The number of esters is 1. The summed E-state index contributed by atoms with van der Waals surface area (Å²) >= 11 is 5.92. The molecule has 0 radical (unpaired) electrons. The van der Waals surface area contributed by atoms with Crippen molar-refractivity contribution in [1.29, 1.82) is 0 Å². The molecule has 3 heterocycles. The third kappa shape index (κ3) is 4.53. The zero-order valence-corrected chi connectivity index (χ0v) is 20.1. The van der Waals surface area contributed by atoms with E-state index in [1.165, 1.54) is 21.0 Å². The summed E-state index contributed by atoms with van der Waals surface area (Å²) in [5.74, 6) is -0.656. The van der Waals surface area contributed by atoms with Crippen LogP contribution in [0.2, 0.25) is 5.02 Å². The van der Waals surface area contributed by atoms with E-state index in [2.05, 4.69) is 4.98 Å². The Morgan fingerprint density at radius 3 is 2.58 bits per heavy atom. The standard InChI is InChI=1S/C23H24ClN3O5S/c1-14-9-15(2)22(16(3)10-14)33(30,31)27-8-4-5-19(27)23(29)32-13-18-11-21(28)26-12-17(24)6-7-20(26)25-18/h6-7,9-12,19H,4-5,8,13H2,1-3H3. The summed E-state index contributed by atoms with van der Waals surface area (Å²) in [6.45, 7) is 5.43. The van der Waals surface area contributed by atoms with Gasteiger partial charge in [0.25, 0.3) is 5.56 Å². The number of sulfonamides is 1. The predicted molar refractivity (Wildman–Crippen MR) is 124 cm³/mol. The highest BCUT2D eigenvalue weighted by Gasteiger charge is 2.41. The zero-order chi connectivity index (χ0) is 23.9. The van der Waals surface area contributed by atoms with Gasteiger partial charge in [0.05, 0.1) is 15.6 Å². The molecule has 2 aromatic heterocycles. The summed E-state index contributed by atoms with van der Waals surface area (Å²) in [5, 5.41) is 0.396. The largest absolute Gasteiger partial charge is 0.458 e. The minimum absolute atomic E-state index is 0.232. The average molecular weight is 490 g/mol. The minimum atomic E-state index is -3.88. The number of hydrogen-bond donors (Lipinski definition) is 0. The SMILES string of the molecule is Cc1cc(C)c(S(=O)(=O)N2CCCC2C(=O)OCc2cc(=O)n3cc(Cl)ccc3n2)c(C)c1. The number of pyridine rings is 1. The van der Waals surface area contributed by atoms with Crippen LogP contribution in [0.15, 0.2) is 46.2 Å². The first-order valence-electron chi connectivity index (χ1n) is 10.5. The molecule has 1 aliphatic heterocycles. The van der Waals surface area contributed by atoms with Crippen molar-refractivity contribution in [3.63, 3.8) is 0 Å². The van der Waals surface area contributed by atoms with Crippen LogP contribution in [-0.2, 0) is 26.2 Å². The molecular weight excluding hydrogens is 466 g/mol. The highest BCUT2D eigenvalue weighted by atomic mass is 35.5. The molecule has 0 saturated carbocycles. The lowest BCUT2D eigenvalue weighted by Gasteiger charge is -2.24. The number of aromatic nitrogens is 2. The molecule has 1 fully saturated rings. The number of ether oxygens (including phenoxy) is 1. The maximum absolute atomic E-state index is 13.4. The van der Waals surface area contributed by atoms with Crippen LogP contribution in [0, 0.1) is 20.8 Å². The van der Waals surface area contributed by atoms with Gasteiger partial charge in [-0.3, -0.25) is 14.0 Å². The van der Waals surface area contributed by atoms with Crippen molar-refractivity contribution in [2.75, 3.05) is 6.54 Å². The number of carbonyl (C=O) groups is 1. The van der Waals surface area contributed by atoms with E-state index in [-0.39, 0.29) is 29.3 Å². The molecule has 0 bridgehead atoms. The number of hydrogen-bond acceptors (Lipinski definition) is 6. The lowest BCUT2D eigenvalue weighted by molar-refractivity contribution is -0.148. The average Bonchev–Trinajstić information content (AvgIpc) is 3.22. The lowest BCUT2D eigenvalue weighted by atomic mass is 10.1. The summed E-state index contributed by atoms with van der Waals surface area (Å²) in [6, 6.07) is 7.18. The number of nitrogens with zero attached hydrogens (tertiary/aromatic N) is 3. The van der Waals surface area contributed by atoms with Crippen LogP contribution >= 0.6 is 11.6 Å². The first kappa shape index (κ1) is 23.4. The Kier molecular flexibility index (Phi) is 6.30. The summed E-state index contributed by atoms with van der Waals surface area (Å²) in [6.07, 6.45) is 2.38. The monoisotopic (exact) mass is 489 g/mol. The third-order valence-corrected chi connectivity index (χ3v) is 8.12. The summed E-state index contributed by atoms with van der Waals surface area (Å²) in [4.78, 5) is 29.7. The van der Waals surface area contributed by atoms with Gasteiger partial charge in [-0.05, 0) is 56.9 Å². The van der Waals surface area contributed by atoms with Crippen molar-refractivity contribution in [1.82, 2.24) is 13.7 Å². The number of fused-ring (bicyclic) bond motifs is 1. The fourth-order valence-electron chi connectivity index (χ4n) is 4.40. The molecule has 8 nitrogen and oxygen atoms in total. The van der Waals surface area contributed by atoms with Gasteiger partial charge in [0.1, 0.15) is 18.3 Å². The van der Waals surface area contributed by atoms with Crippen molar-refractivity contribution in [3.8, 4) is 0 Å². The molecule has 174 valence electrons. The Hall–Kier alpha value is -2.75. The molecule has 1 aromatic carbocycles. The van der Waals surface area contributed by atoms with E-state index in [0.717, 1.165) is 5.56 Å². The van der Waals surface area contributed by atoms with E-state index in [9.17, 15) is 18.0 Å². The fraction of sp³-hybridized carbons (Fsp3) is 0.348. The molecule has 1 atom stereocenters. The van der Waals surface area contributed by atoms with E-state index < -0.39 is 22.0 Å². The van der Waals surface area contributed by atoms with Crippen LogP contribution < -0.4 is 5.56 Å². The third-order valence-electron chi connectivity index (χ3n) is 5.69. The highest BCUT2D eigenvalue weighted by Crippen LogP contribution is 2.31. The maximum atomic E-state index is 13.4. The molecule has 1 unspecified atom stereocenters. The molecule has 1 saturated heterocycles. The summed E-state index contributed by atoms with van der Waals surface area (Å²) in [5.41, 5.74) is 2.55. The second-order valence-corrected chi connectivity index (χ2v) is 10.5. The first-order valence-corrected chi connectivity index (χ1v) is 12.3. The molecule has 1 aliphatic rings. The molecule has 0 aliphatic carbocycles. The summed E-state index contributed by atoms with van der Waals surface area (Å²) in [7, 11) is -3.88. The van der Waals surface area contributed by atoms with Gasteiger partial charge < -0.3 is 4.74 Å². The number of aryl methyl sites for hydroxylation is 3. The van der Waals surface area contributed by atoms with E-state index in [0.29, 0.717) is 34.6 Å². The second-order valence-electron chi connectivity index (χ2n) is 8.27. The van der Waals surface area contributed by atoms with Crippen LogP contribution in [-0.4, -0.2) is 40.7 Å². The molecule has 3 aromatic rings. The Morgan fingerprint density at radius 2 is 1.88 bits per heavy atom. The van der Waals surface area contributed by atoms with Crippen molar-refractivity contribution in [2.24, 2.45) is 0 Å². The molecule has 0 N–H and O–H groups in total. The van der Waals surface area contributed by atoms with Gasteiger partial charge in [-0.1, -0.05) is 29.3 Å². The molecule has 10 heteroatoms. The Labute approximate surface area is 196 Å². The highest BCUT2D eigenvalue weighted by molar-refractivity contribution is 7.89. The number of carbonyl (C=O) groups excluding carboxylic acids is 1. The van der Waals surface area contributed by atoms with Crippen LogP contribution in [0.5, 0.6) is 0 Å². The Balaban J connectivity index is 1.55. The maximum Gasteiger partial charge on any atom is 0.324 e. The van der Waals surface area contributed by atoms with E-state index in [1.54, 1.807) is 26.0 Å². The number of rotatable bonds is 5. The van der Waals surface area contributed by atoms with Crippen molar-refractivity contribution >= 4 is 33.2 Å². The van der Waals surface area contributed by atoms with E-state index in [4.69, 9.17) is 16.3 Å². The van der Waals surface area contributed by atoms with Crippen molar-refractivity contribution in [3.05, 3.63) is 74.3 Å². The normalized spacial score (nSPS) is 16.9. The van der Waals surface area contributed by atoms with Crippen LogP contribution in [0.25, 0.3) is 5.65 Å². The van der Waals surface area contributed by atoms with Crippen LogP contribution in [0.3, 0.4) is 0 Å². The first-order chi connectivity index (χ1) is 15.6. The Bertz CT molecular complexity index is 1390. The molecular formula is C23H24ClN3O5S. The van der Waals surface area contributed by atoms with Gasteiger partial charge >= 0.3 is 5.97 Å². The minimum Gasteiger partial charge on any atom is -0.458 e. The van der Waals surface area contributed by atoms with Gasteiger partial charge in [-0.25, -0.2) is 13.4 Å². The van der Waals surface area contributed by atoms with Gasteiger partial charge in [-0.15, -0.1) is 0 Å². The predicted octanol–water partition coefficient (Wildman–Crippen LogP) is 3.17. The molecule has 0 amide bonds. The number of halogens is 1. The summed E-state index contributed by atoms with van der Waals surface area (Å²) < 4.78 is 34.8. The Morgan fingerprint density at radius 1 is 1.18 bits per heavy atom. The van der Waals surface area contributed by atoms with E-state index >= 15 is 0 Å². The molecule has 33 heavy (non-hydrogen) atoms. The van der Waals surface area contributed by atoms with Crippen LogP contribution in [0.1, 0.15) is 35.2 Å². The van der Waals surface area contributed by atoms with Gasteiger partial charge in [-0.2, -0.15) is 4.31 Å². The topological polar surface area (TPSA) is 98.0 Å². The van der Waals surface area contributed by atoms with Gasteiger partial charge in [0.2, 0.25) is 10.0 Å². The van der Waals surface area contributed by atoms with Crippen LogP contribution in [0.4, 0.5) is 0 Å². The zero-order valence-electron chi connectivity index (χ0n) is 18.5. The second kappa shape index (κ2) is 8.89. The fourth-order valence-corrected chi connectivity index (χ4v) is 6.62. The van der Waals surface area contributed by atoms with Crippen molar-refractivity contribution < 1.29 is 17.9 Å². The smallest absolute Gasteiger partial charge is 0.324 e. The van der Waals surface area contributed by atoms with Gasteiger partial charge in [0, 0.05) is 18.8 Å². The molecule has 4 rings (SSSR count). The quantitative estimate of drug-likeness (QED) is 0.510. The number of benzene rings is 1. The molecule has 0 spiro atoms.